The van der Waals surface area contributed by atoms with Crippen molar-refractivity contribution in [1.82, 2.24) is 14.5 Å². The average molecular weight is 317 g/mol. The highest BCUT2D eigenvalue weighted by atomic mass is 19.4. The van der Waals surface area contributed by atoms with Crippen LogP contribution in [0.1, 0.15) is 21.7 Å². The second-order valence-corrected chi connectivity index (χ2v) is 5.01. The van der Waals surface area contributed by atoms with Crippen LogP contribution in [-0.2, 0) is 6.18 Å². The van der Waals surface area contributed by atoms with E-state index in [2.05, 4.69) is 9.97 Å². The topological polar surface area (TPSA) is 64.8 Å². The molecule has 4 rings (SSSR count). The first-order chi connectivity index (χ1) is 10.9. The van der Waals surface area contributed by atoms with Gasteiger partial charge in [0.05, 0.1) is 22.3 Å². The smallest absolute Gasteiger partial charge is 0.285 e. The van der Waals surface area contributed by atoms with Crippen molar-refractivity contribution in [3.8, 4) is 5.69 Å². The number of alkyl halides is 3. The SMILES string of the molecule is O=C1c2cc(C(F)(F)F)ccc2-n2c1nc1cccnc1c2=O. The van der Waals surface area contributed by atoms with Gasteiger partial charge in [-0.15, -0.1) is 0 Å². The normalized spacial score (nSPS) is 13.3. The first-order valence-corrected chi connectivity index (χ1v) is 6.52. The summed E-state index contributed by atoms with van der Waals surface area (Å²) in [5, 5.41) is 0. The summed E-state index contributed by atoms with van der Waals surface area (Å²) in [5.41, 5.74) is -1.37. The maximum Gasteiger partial charge on any atom is 0.416 e. The molecule has 0 saturated heterocycles. The van der Waals surface area contributed by atoms with Gasteiger partial charge in [-0.3, -0.25) is 14.2 Å². The zero-order chi connectivity index (χ0) is 16.4. The summed E-state index contributed by atoms with van der Waals surface area (Å²) in [6.07, 6.45) is -3.17. The molecule has 1 aromatic carbocycles. The highest BCUT2D eigenvalue weighted by molar-refractivity contribution is 6.13. The summed E-state index contributed by atoms with van der Waals surface area (Å²) < 4.78 is 39.4. The molecule has 2 aromatic heterocycles. The minimum Gasteiger partial charge on any atom is -0.285 e. The Balaban J connectivity index is 2.06. The van der Waals surface area contributed by atoms with Crippen LogP contribution in [0.5, 0.6) is 0 Å². The molecule has 0 bridgehead atoms. The number of nitrogens with zero attached hydrogens (tertiary/aromatic N) is 3. The molecule has 0 atom stereocenters. The molecule has 1 aliphatic rings. The molecule has 3 aromatic rings. The van der Waals surface area contributed by atoms with E-state index in [1.165, 1.54) is 12.3 Å². The van der Waals surface area contributed by atoms with Gasteiger partial charge >= 0.3 is 6.18 Å². The van der Waals surface area contributed by atoms with Crippen molar-refractivity contribution in [2.45, 2.75) is 6.18 Å². The number of hydrogen-bond acceptors (Lipinski definition) is 4. The molecular weight excluding hydrogens is 311 g/mol. The molecule has 0 saturated carbocycles. The van der Waals surface area contributed by atoms with Gasteiger partial charge < -0.3 is 0 Å². The van der Waals surface area contributed by atoms with E-state index in [0.29, 0.717) is 0 Å². The van der Waals surface area contributed by atoms with Gasteiger partial charge in [-0.1, -0.05) is 0 Å². The monoisotopic (exact) mass is 317 g/mol. The fourth-order valence-electron chi connectivity index (χ4n) is 2.60. The van der Waals surface area contributed by atoms with Crippen LogP contribution in [-0.4, -0.2) is 20.3 Å². The molecule has 0 amide bonds. The van der Waals surface area contributed by atoms with Crippen LogP contribution in [0.25, 0.3) is 16.7 Å². The molecule has 8 heteroatoms. The minimum atomic E-state index is -4.57. The van der Waals surface area contributed by atoms with Gasteiger partial charge in [0.25, 0.3) is 5.56 Å². The largest absolute Gasteiger partial charge is 0.416 e. The lowest BCUT2D eigenvalue weighted by Gasteiger charge is -2.08. The van der Waals surface area contributed by atoms with Crippen LogP contribution in [0.4, 0.5) is 13.2 Å². The van der Waals surface area contributed by atoms with Crippen LogP contribution >= 0.6 is 0 Å². The Kier molecular flexibility index (Phi) is 2.52. The van der Waals surface area contributed by atoms with Crippen LogP contribution in [0, 0.1) is 0 Å². The number of fused-ring (bicyclic) bond motifs is 4. The number of carbonyl (C=O) groups excluding carboxylic acids is 1. The van der Waals surface area contributed by atoms with E-state index in [4.69, 9.17) is 0 Å². The summed E-state index contributed by atoms with van der Waals surface area (Å²) in [6.45, 7) is 0. The number of rotatable bonds is 0. The van der Waals surface area contributed by atoms with E-state index >= 15 is 0 Å². The first-order valence-electron chi connectivity index (χ1n) is 6.52. The molecule has 1 aliphatic heterocycles. The fourth-order valence-corrected chi connectivity index (χ4v) is 2.60. The van der Waals surface area contributed by atoms with E-state index in [-0.39, 0.29) is 28.1 Å². The highest BCUT2D eigenvalue weighted by Gasteiger charge is 2.36. The van der Waals surface area contributed by atoms with Crippen LogP contribution in [0.3, 0.4) is 0 Å². The van der Waals surface area contributed by atoms with Gasteiger partial charge in [-0.2, -0.15) is 13.2 Å². The third-order valence-electron chi connectivity index (χ3n) is 3.64. The van der Waals surface area contributed by atoms with E-state index in [1.54, 1.807) is 6.07 Å². The quantitative estimate of drug-likeness (QED) is 0.499. The Morgan fingerprint density at radius 3 is 2.61 bits per heavy atom. The summed E-state index contributed by atoms with van der Waals surface area (Å²) >= 11 is 0. The van der Waals surface area contributed by atoms with Crippen molar-refractivity contribution in [1.29, 1.82) is 0 Å². The predicted octanol–water partition coefficient (Wildman–Crippen LogP) is 2.34. The van der Waals surface area contributed by atoms with Crippen molar-refractivity contribution in [3.63, 3.8) is 0 Å². The summed E-state index contributed by atoms with van der Waals surface area (Å²) in [7, 11) is 0. The third kappa shape index (κ3) is 1.81. The lowest BCUT2D eigenvalue weighted by atomic mass is 10.1. The number of benzene rings is 1. The molecule has 0 spiro atoms. The van der Waals surface area contributed by atoms with E-state index in [1.807, 2.05) is 0 Å². The Bertz CT molecular complexity index is 1050. The van der Waals surface area contributed by atoms with Crippen molar-refractivity contribution < 1.29 is 18.0 Å². The zero-order valence-corrected chi connectivity index (χ0v) is 11.3. The number of hydrogen-bond donors (Lipinski definition) is 0. The highest BCUT2D eigenvalue weighted by Crippen LogP contribution is 2.34. The van der Waals surface area contributed by atoms with Gasteiger partial charge in [0.2, 0.25) is 5.78 Å². The maximum atomic E-state index is 12.8. The molecule has 0 radical (unpaired) electrons. The third-order valence-corrected chi connectivity index (χ3v) is 3.64. The predicted molar refractivity (Wildman–Crippen MR) is 73.6 cm³/mol. The summed E-state index contributed by atoms with van der Waals surface area (Å²) in [6, 6.07) is 5.74. The number of aromatic nitrogens is 3. The number of ketones is 1. The van der Waals surface area contributed by atoms with E-state index in [9.17, 15) is 22.8 Å². The number of halogens is 3. The van der Waals surface area contributed by atoms with Gasteiger partial charge in [-0.05, 0) is 30.3 Å². The van der Waals surface area contributed by atoms with Crippen molar-refractivity contribution in [2.75, 3.05) is 0 Å². The van der Waals surface area contributed by atoms with Crippen molar-refractivity contribution in [2.24, 2.45) is 0 Å². The Morgan fingerprint density at radius 1 is 1.09 bits per heavy atom. The lowest BCUT2D eigenvalue weighted by molar-refractivity contribution is -0.137. The van der Waals surface area contributed by atoms with E-state index < -0.39 is 23.1 Å². The molecule has 23 heavy (non-hydrogen) atoms. The molecule has 0 unspecified atom stereocenters. The molecule has 5 nitrogen and oxygen atoms in total. The zero-order valence-electron chi connectivity index (χ0n) is 11.3. The molecular formula is C15H6F3N3O2. The van der Waals surface area contributed by atoms with E-state index in [0.717, 1.165) is 22.8 Å². The standard InChI is InChI=1S/C15H6F3N3O2/c16-15(17,18)7-3-4-10-8(6-7)12(22)13-20-9-2-1-5-19-11(9)14(23)21(10)13/h1-6H. The molecule has 0 N–H and O–H groups in total. The molecule has 0 fully saturated rings. The minimum absolute atomic E-state index is 0.0526. The Labute approximate surface area is 126 Å². The van der Waals surface area contributed by atoms with Gasteiger partial charge in [0.1, 0.15) is 0 Å². The van der Waals surface area contributed by atoms with Crippen LogP contribution < -0.4 is 5.56 Å². The lowest BCUT2D eigenvalue weighted by Crippen LogP contribution is -2.22. The first kappa shape index (κ1) is 13.6. The van der Waals surface area contributed by atoms with Gasteiger partial charge in [0.15, 0.2) is 11.3 Å². The molecule has 0 aliphatic carbocycles. The Hall–Kier alpha value is -3.03. The van der Waals surface area contributed by atoms with Crippen molar-refractivity contribution >= 4 is 16.8 Å². The fraction of sp³-hybridized carbons (Fsp3) is 0.0667. The van der Waals surface area contributed by atoms with Crippen molar-refractivity contribution in [3.05, 3.63) is 63.8 Å². The maximum absolute atomic E-state index is 12.8. The number of pyridine rings is 1. The summed E-state index contributed by atoms with van der Waals surface area (Å²) in [4.78, 5) is 32.8. The second-order valence-electron chi connectivity index (χ2n) is 5.01. The van der Waals surface area contributed by atoms with Gasteiger partial charge in [-0.25, -0.2) is 9.97 Å². The number of carbonyl (C=O) groups is 1. The molecule has 3 heterocycles. The van der Waals surface area contributed by atoms with Crippen LogP contribution in [0.15, 0.2) is 41.3 Å². The second kappa shape index (κ2) is 4.25. The Morgan fingerprint density at radius 2 is 1.87 bits per heavy atom. The average Bonchev–Trinajstić information content (AvgIpc) is 2.80. The van der Waals surface area contributed by atoms with Gasteiger partial charge in [0, 0.05) is 6.20 Å². The summed E-state index contributed by atoms with van der Waals surface area (Å²) in [5.74, 6) is -0.918. The van der Waals surface area contributed by atoms with Crippen LogP contribution in [0.2, 0.25) is 0 Å². The molecule has 114 valence electrons.